The lowest BCUT2D eigenvalue weighted by molar-refractivity contribution is -0.131. The molecular formula is C18H23FN2O2. The van der Waals surface area contributed by atoms with Gasteiger partial charge in [0.25, 0.3) is 0 Å². The van der Waals surface area contributed by atoms with E-state index in [1.54, 1.807) is 4.90 Å². The third-order valence-electron chi connectivity index (χ3n) is 4.68. The molecule has 1 N–H and O–H groups in total. The summed E-state index contributed by atoms with van der Waals surface area (Å²) in [7, 11) is 0. The van der Waals surface area contributed by atoms with Crippen molar-refractivity contribution in [2.75, 3.05) is 26.2 Å². The molecule has 2 fully saturated rings. The average Bonchev–Trinajstić information content (AvgIpc) is 3.39. The summed E-state index contributed by atoms with van der Waals surface area (Å²) in [6, 6.07) is 5.66. The molecule has 1 aliphatic carbocycles. The lowest BCUT2D eigenvalue weighted by atomic mass is 9.90. The number of piperidine rings is 1. The van der Waals surface area contributed by atoms with Crippen LogP contribution in [0, 0.1) is 17.7 Å². The van der Waals surface area contributed by atoms with Crippen molar-refractivity contribution in [3.05, 3.63) is 35.6 Å². The first-order valence-corrected chi connectivity index (χ1v) is 8.42. The summed E-state index contributed by atoms with van der Waals surface area (Å²) in [6.07, 6.45) is 4.15. The highest BCUT2D eigenvalue weighted by Gasteiger charge is 2.29. The number of nitrogens with one attached hydrogen (secondary N) is 1. The van der Waals surface area contributed by atoms with Crippen LogP contribution in [0.5, 0.6) is 0 Å². The van der Waals surface area contributed by atoms with Crippen LogP contribution in [0.15, 0.2) is 24.3 Å². The van der Waals surface area contributed by atoms with Gasteiger partial charge in [0.2, 0.25) is 5.91 Å². The fraction of sp³-hybridized carbons (Fsp3) is 0.556. The SMILES string of the molecule is O=C(c1ccc(F)cc1)C1CCCN(C(=O)CNCC2CC2)C1. The van der Waals surface area contributed by atoms with Gasteiger partial charge in [0.15, 0.2) is 5.78 Å². The van der Waals surface area contributed by atoms with Crippen molar-refractivity contribution in [2.45, 2.75) is 25.7 Å². The van der Waals surface area contributed by atoms with Crippen molar-refractivity contribution in [3.63, 3.8) is 0 Å². The number of hydrogen-bond acceptors (Lipinski definition) is 3. The number of benzene rings is 1. The molecule has 1 atom stereocenters. The van der Waals surface area contributed by atoms with E-state index in [1.807, 2.05) is 0 Å². The molecule has 0 radical (unpaired) electrons. The van der Waals surface area contributed by atoms with Crippen LogP contribution in [0.3, 0.4) is 0 Å². The first-order chi connectivity index (χ1) is 11.1. The van der Waals surface area contributed by atoms with Gasteiger partial charge in [-0.1, -0.05) is 0 Å². The molecule has 5 heteroatoms. The Labute approximate surface area is 136 Å². The van der Waals surface area contributed by atoms with Crippen molar-refractivity contribution in [1.82, 2.24) is 10.2 Å². The first kappa shape index (κ1) is 16.1. The maximum absolute atomic E-state index is 13.0. The van der Waals surface area contributed by atoms with Crippen molar-refractivity contribution in [2.24, 2.45) is 11.8 Å². The van der Waals surface area contributed by atoms with Gasteiger partial charge < -0.3 is 10.2 Å². The maximum Gasteiger partial charge on any atom is 0.236 e. The molecule has 1 amide bonds. The molecule has 0 bridgehead atoms. The lowest BCUT2D eigenvalue weighted by Crippen LogP contribution is -2.45. The summed E-state index contributed by atoms with van der Waals surface area (Å²) in [4.78, 5) is 26.6. The molecule has 1 aromatic rings. The molecule has 23 heavy (non-hydrogen) atoms. The number of carbonyl (C=O) groups excluding carboxylic acids is 2. The summed E-state index contributed by atoms with van der Waals surface area (Å²) in [5, 5.41) is 3.21. The smallest absolute Gasteiger partial charge is 0.236 e. The van der Waals surface area contributed by atoms with E-state index in [1.165, 1.54) is 37.1 Å². The zero-order valence-electron chi connectivity index (χ0n) is 13.3. The molecule has 1 saturated heterocycles. The predicted molar refractivity (Wildman–Crippen MR) is 85.6 cm³/mol. The second kappa shape index (κ2) is 7.21. The maximum atomic E-state index is 13.0. The second-order valence-electron chi connectivity index (χ2n) is 6.62. The van der Waals surface area contributed by atoms with Gasteiger partial charge in [0.1, 0.15) is 5.82 Å². The van der Waals surface area contributed by atoms with Crippen molar-refractivity contribution in [3.8, 4) is 0 Å². The van der Waals surface area contributed by atoms with Crippen LogP contribution in [-0.2, 0) is 4.79 Å². The number of hydrogen-bond donors (Lipinski definition) is 1. The van der Waals surface area contributed by atoms with Gasteiger partial charge in [-0.2, -0.15) is 0 Å². The molecule has 1 saturated carbocycles. The summed E-state index contributed by atoms with van der Waals surface area (Å²) < 4.78 is 13.0. The summed E-state index contributed by atoms with van der Waals surface area (Å²) in [6.45, 7) is 2.46. The number of carbonyl (C=O) groups is 2. The largest absolute Gasteiger partial charge is 0.341 e. The number of likely N-dealkylation sites (tertiary alicyclic amines) is 1. The Kier molecular flexibility index (Phi) is 5.06. The molecule has 1 aromatic carbocycles. The lowest BCUT2D eigenvalue weighted by Gasteiger charge is -2.32. The minimum absolute atomic E-state index is 0.00781. The van der Waals surface area contributed by atoms with Crippen LogP contribution in [-0.4, -0.2) is 42.8 Å². The highest BCUT2D eigenvalue weighted by molar-refractivity contribution is 5.98. The normalized spacial score (nSPS) is 21.3. The van der Waals surface area contributed by atoms with E-state index in [4.69, 9.17) is 0 Å². The topological polar surface area (TPSA) is 49.4 Å². The number of Topliss-reactive ketones (excluding diaryl/α,β-unsaturated/α-hetero) is 1. The number of rotatable bonds is 6. The van der Waals surface area contributed by atoms with Crippen LogP contribution in [0.4, 0.5) is 4.39 Å². The van der Waals surface area contributed by atoms with Crippen molar-refractivity contribution in [1.29, 1.82) is 0 Å². The van der Waals surface area contributed by atoms with Crippen LogP contribution in [0.25, 0.3) is 0 Å². The Bertz CT molecular complexity index is 569. The van der Waals surface area contributed by atoms with E-state index < -0.39 is 0 Å². The summed E-state index contributed by atoms with van der Waals surface area (Å²) >= 11 is 0. The fourth-order valence-corrected chi connectivity index (χ4v) is 3.08. The Morgan fingerprint density at radius 2 is 1.91 bits per heavy atom. The van der Waals surface area contributed by atoms with E-state index >= 15 is 0 Å². The molecule has 1 heterocycles. The Balaban J connectivity index is 1.53. The summed E-state index contributed by atoms with van der Waals surface area (Å²) in [5.74, 6) is 0.304. The van der Waals surface area contributed by atoms with E-state index in [9.17, 15) is 14.0 Å². The van der Waals surface area contributed by atoms with E-state index in [0.29, 0.717) is 18.7 Å². The van der Waals surface area contributed by atoms with Crippen LogP contribution < -0.4 is 5.32 Å². The number of nitrogens with zero attached hydrogens (tertiary/aromatic N) is 1. The average molecular weight is 318 g/mol. The number of amides is 1. The van der Waals surface area contributed by atoms with Gasteiger partial charge in [-0.15, -0.1) is 0 Å². The molecule has 2 aliphatic rings. The van der Waals surface area contributed by atoms with Gasteiger partial charge >= 0.3 is 0 Å². The van der Waals surface area contributed by atoms with E-state index in [-0.39, 0.29) is 23.4 Å². The Morgan fingerprint density at radius 3 is 2.61 bits per heavy atom. The van der Waals surface area contributed by atoms with Gasteiger partial charge in [0, 0.05) is 24.6 Å². The van der Waals surface area contributed by atoms with Gasteiger partial charge in [-0.25, -0.2) is 4.39 Å². The monoisotopic (exact) mass is 318 g/mol. The zero-order valence-corrected chi connectivity index (χ0v) is 13.3. The molecule has 1 aliphatic heterocycles. The minimum atomic E-state index is -0.344. The van der Waals surface area contributed by atoms with E-state index in [2.05, 4.69) is 5.32 Å². The third-order valence-corrected chi connectivity index (χ3v) is 4.68. The molecule has 0 spiro atoms. The third kappa shape index (κ3) is 4.38. The summed E-state index contributed by atoms with van der Waals surface area (Å²) in [5.41, 5.74) is 0.526. The molecule has 3 rings (SSSR count). The Morgan fingerprint density at radius 1 is 1.17 bits per heavy atom. The molecule has 124 valence electrons. The highest BCUT2D eigenvalue weighted by atomic mass is 19.1. The predicted octanol–water partition coefficient (Wildman–Crippen LogP) is 2.25. The van der Waals surface area contributed by atoms with Crippen LogP contribution >= 0.6 is 0 Å². The molecule has 0 aromatic heterocycles. The molecule has 4 nitrogen and oxygen atoms in total. The second-order valence-corrected chi connectivity index (χ2v) is 6.62. The van der Waals surface area contributed by atoms with Crippen LogP contribution in [0.2, 0.25) is 0 Å². The molecule has 1 unspecified atom stereocenters. The number of ketones is 1. The minimum Gasteiger partial charge on any atom is -0.341 e. The van der Waals surface area contributed by atoms with Crippen molar-refractivity contribution < 1.29 is 14.0 Å². The fourth-order valence-electron chi connectivity index (χ4n) is 3.08. The van der Waals surface area contributed by atoms with Crippen molar-refractivity contribution >= 4 is 11.7 Å². The quantitative estimate of drug-likeness (QED) is 0.819. The van der Waals surface area contributed by atoms with E-state index in [0.717, 1.165) is 31.8 Å². The Hall–Kier alpha value is -1.75. The van der Waals surface area contributed by atoms with Gasteiger partial charge in [0.05, 0.1) is 6.54 Å². The number of halogens is 1. The highest BCUT2D eigenvalue weighted by Crippen LogP contribution is 2.27. The standard InChI is InChI=1S/C18H23FN2O2/c19-16-7-5-14(6-8-16)18(23)15-2-1-9-21(12-15)17(22)11-20-10-13-3-4-13/h5-8,13,15,20H,1-4,9-12H2. The van der Waals surface area contributed by atoms with Crippen LogP contribution in [0.1, 0.15) is 36.0 Å². The van der Waals surface area contributed by atoms with Gasteiger partial charge in [-0.3, -0.25) is 9.59 Å². The van der Waals surface area contributed by atoms with Gasteiger partial charge in [-0.05, 0) is 62.4 Å². The zero-order chi connectivity index (χ0) is 16.2. The molecular weight excluding hydrogens is 295 g/mol. The first-order valence-electron chi connectivity index (χ1n) is 8.42.